The van der Waals surface area contributed by atoms with Crippen LogP contribution in [0.4, 0.5) is 5.69 Å². The Kier molecular flexibility index (Phi) is 4.86. The largest absolute Gasteiger partial charge is 0.454 e. The molecule has 3 fully saturated rings. The molecule has 7 rings (SSSR count). The van der Waals surface area contributed by atoms with Crippen molar-refractivity contribution in [3.05, 3.63) is 53.1 Å². The summed E-state index contributed by atoms with van der Waals surface area (Å²) in [6.45, 7) is 3.82. The first-order valence-electron chi connectivity index (χ1n) is 13.3. The predicted molar refractivity (Wildman–Crippen MR) is 131 cm³/mol. The first-order valence-corrected chi connectivity index (χ1v) is 13.3. The number of piperidine rings is 1. The third kappa shape index (κ3) is 3.36. The fourth-order valence-corrected chi connectivity index (χ4v) is 7.68. The van der Waals surface area contributed by atoms with Crippen molar-refractivity contribution in [3.63, 3.8) is 0 Å². The summed E-state index contributed by atoms with van der Waals surface area (Å²) >= 11 is 0. The fraction of sp³-hybridized carbons (Fsp3) is 0.586. The molecule has 3 atom stereocenters. The van der Waals surface area contributed by atoms with Crippen molar-refractivity contribution in [1.82, 2.24) is 4.90 Å². The molecule has 4 heteroatoms. The summed E-state index contributed by atoms with van der Waals surface area (Å²) < 4.78 is 11.0. The van der Waals surface area contributed by atoms with Gasteiger partial charge in [-0.2, -0.15) is 0 Å². The molecule has 0 amide bonds. The van der Waals surface area contributed by atoms with Gasteiger partial charge in [-0.15, -0.1) is 0 Å². The highest BCUT2D eigenvalue weighted by Gasteiger charge is 2.53. The van der Waals surface area contributed by atoms with Gasteiger partial charge in [-0.1, -0.05) is 31.4 Å². The average Bonchev–Trinajstić information content (AvgIpc) is 3.29. The molecular formula is C29H36N2O2. The zero-order valence-electron chi connectivity index (χ0n) is 19.7. The summed E-state index contributed by atoms with van der Waals surface area (Å²) in [5.74, 6) is 3.55. The number of ether oxygens (including phenoxy) is 2. The van der Waals surface area contributed by atoms with Gasteiger partial charge in [-0.3, -0.25) is 4.90 Å². The summed E-state index contributed by atoms with van der Waals surface area (Å²) in [6.07, 6.45) is 12.7. The monoisotopic (exact) mass is 444 g/mol. The maximum absolute atomic E-state index is 5.56. The topological polar surface area (TPSA) is 33.7 Å². The third-order valence-electron chi connectivity index (χ3n) is 9.60. The highest BCUT2D eigenvalue weighted by Crippen LogP contribution is 2.56. The third-order valence-corrected chi connectivity index (χ3v) is 9.60. The normalized spacial score (nSPS) is 30.3. The minimum atomic E-state index is 0.333. The summed E-state index contributed by atoms with van der Waals surface area (Å²) in [6, 6.07) is 14.3. The second-order valence-corrected chi connectivity index (χ2v) is 11.2. The highest BCUT2D eigenvalue weighted by atomic mass is 16.7. The van der Waals surface area contributed by atoms with Gasteiger partial charge in [0.1, 0.15) is 0 Å². The van der Waals surface area contributed by atoms with E-state index in [1.54, 1.807) is 11.1 Å². The van der Waals surface area contributed by atoms with Crippen molar-refractivity contribution in [2.45, 2.75) is 75.8 Å². The minimum absolute atomic E-state index is 0.333. The van der Waals surface area contributed by atoms with Crippen molar-refractivity contribution in [2.24, 2.45) is 11.8 Å². The molecule has 0 spiro atoms. The SMILES string of the molecule is c1cc2c(cc1CNc1ccc3c(c1)[C@@]14CCCC[C@H]1[C@@H](C3)N(CC1CCC1)CC4)OCO2. The second kappa shape index (κ2) is 7.94. The Balaban J connectivity index is 1.14. The van der Waals surface area contributed by atoms with Crippen molar-refractivity contribution < 1.29 is 9.47 Å². The lowest BCUT2D eigenvalue weighted by Gasteiger charge is -2.59. The van der Waals surface area contributed by atoms with Crippen molar-refractivity contribution in [2.75, 3.05) is 25.2 Å². The van der Waals surface area contributed by atoms with Crippen LogP contribution in [-0.4, -0.2) is 30.8 Å². The van der Waals surface area contributed by atoms with Crippen molar-refractivity contribution in [1.29, 1.82) is 0 Å². The Bertz CT molecular complexity index is 1050. The van der Waals surface area contributed by atoms with E-state index < -0.39 is 0 Å². The number of hydrogen-bond acceptors (Lipinski definition) is 4. The number of nitrogens with zero attached hydrogens (tertiary/aromatic N) is 1. The maximum Gasteiger partial charge on any atom is 0.231 e. The van der Waals surface area contributed by atoms with Crippen LogP contribution in [0.2, 0.25) is 0 Å². The standard InChI is InChI=1S/C29H36N2O2/c1-2-11-29-12-13-31(18-20-4-3-5-20)26(24(29)6-1)15-22-8-9-23(16-25(22)29)30-17-21-7-10-27-28(14-21)33-19-32-27/h7-10,14,16,20,24,26,30H,1-6,11-13,15,17-19H2/t24-,26+,29+/m0/s1. The highest BCUT2D eigenvalue weighted by molar-refractivity contribution is 5.54. The van der Waals surface area contributed by atoms with Gasteiger partial charge in [-0.25, -0.2) is 0 Å². The molecule has 2 aliphatic heterocycles. The van der Waals surface area contributed by atoms with Crippen LogP contribution in [0.1, 0.15) is 68.1 Å². The van der Waals surface area contributed by atoms with Crippen LogP contribution in [0, 0.1) is 11.8 Å². The van der Waals surface area contributed by atoms with Gasteiger partial charge < -0.3 is 14.8 Å². The van der Waals surface area contributed by atoms with E-state index in [1.807, 2.05) is 6.07 Å². The van der Waals surface area contributed by atoms with Crippen LogP contribution in [0.15, 0.2) is 36.4 Å². The molecule has 33 heavy (non-hydrogen) atoms. The molecular weight excluding hydrogens is 408 g/mol. The van der Waals surface area contributed by atoms with Crippen LogP contribution in [-0.2, 0) is 18.4 Å². The number of nitrogens with one attached hydrogen (secondary N) is 1. The van der Waals surface area contributed by atoms with Gasteiger partial charge >= 0.3 is 0 Å². The Morgan fingerprint density at radius 2 is 1.88 bits per heavy atom. The molecule has 174 valence electrons. The number of fused-ring (bicyclic) bond motifs is 2. The predicted octanol–water partition coefficient (Wildman–Crippen LogP) is 5.89. The quantitative estimate of drug-likeness (QED) is 0.624. The van der Waals surface area contributed by atoms with E-state index in [4.69, 9.17) is 9.47 Å². The minimum Gasteiger partial charge on any atom is -0.454 e. The molecule has 0 unspecified atom stereocenters. The molecule has 5 aliphatic rings. The number of benzene rings is 2. The first kappa shape index (κ1) is 20.2. The molecule has 1 N–H and O–H groups in total. The van der Waals surface area contributed by atoms with Crippen LogP contribution in [0.5, 0.6) is 11.5 Å². The van der Waals surface area contributed by atoms with Gasteiger partial charge in [0.2, 0.25) is 6.79 Å². The fourth-order valence-electron chi connectivity index (χ4n) is 7.68. The van der Waals surface area contributed by atoms with E-state index >= 15 is 0 Å². The van der Waals surface area contributed by atoms with Crippen molar-refractivity contribution in [3.8, 4) is 11.5 Å². The summed E-state index contributed by atoms with van der Waals surface area (Å²) in [5.41, 5.74) is 6.23. The Morgan fingerprint density at radius 1 is 0.939 bits per heavy atom. The molecule has 3 aliphatic carbocycles. The molecule has 1 saturated heterocycles. The number of likely N-dealkylation sites (tertiary alicyclic amines) is 1. The van der Waals surface area contributed by atoms with Crippen LogP contribution in [0.3, 0.4) is 0 Å². The summed E-state index contributed by atoms with van der Waals surface area (Å²) in [5, 5.41) is 3.71. The first-order chi connectivity index (χ1) is 16.3. The molecule has 0 aromatic heterocycles. The second-order valence-electron chi connectivity index (χ2n) is 11.2. The van der Waals surface area contributed by atoms with E-state index in [1.165, 1.54) is 82.1 Å². The Labute approximate surface area is 197 Å². The zero-order valence-corrected chi connectivity index (χ0v) is 19.7. The lowest BCUT2D eigenvalue weighted by atomic mass is 9.52. The maximum atomic E-state index is 5.56. The number of rotatable bonds is 5. The van der Waals surface area contributed by atoms with Crippen LogP contribution in [0.25, 0.3) is 0 Å². The average molecular weight is 445 g/mol. The van der Waals surface area contributed by atoms with E-state index in [0.29, 0.717) is 12.2 Å². The van der Waals surface area contributed by atoms with Gasteiger partial charge in [0, 0.05) is 30.2 Å². The molecule has 0 radical (unpaired) electrons. The number of hydrogen-bond donors (Lipinski definition) is 1. The van der Waals surface area contributed by atoms with Crippen molar-refractivity contribution >= 4 is 5.69 Å². The van der Waals surface area contributed by atoms with Gasteiger partial charge in [0.15, 0.2) is 11.5 Å². The van der Waals surface area contributed by atoms with Crippen LogP contribution >= 0.6 is 0 Å². The Morgan fingerprint density at radius 3 is 2.79 bits per heavy atom. The lowest BCUT2D eigenvalue weighted by Crippen LogP contribution is -2.61. The number of anilines is 1. The lowest BCUT2D eigenvalue weighted by molar-refractivity contribution is -0.0239. The van der Waals surface area contributed by atoms with Gasteiger partial charge in [-0.05, 0) is 97.9 Å². The molecule has 2 bridgehead atoms. The van der Waals surface area contributed by atoms with Crippen LogP contribution < -0.4 is 14.8 Å². The van der Waals surface area contributed by atoms with Gasteiger partial charge in [0.25, 0.3) is 0 Å². The Hall–Kier alpha value is -2.20. The summed E-state index contributed by atoms with van der Waals surface area (Å²) in [4.78, 5) is 2.92. The molecule has 2 heterocycles. The molecule has 2 aromatic rings. The van der Waals surface area contributed by atoms with E-state index in [2.05, 4.69) is 40.5 Å². The smallest absolute Gasteiger partial charge is 0.231 e. The van der Waals surface area contributed by atoms with E-state index in [9.17, 15) is 0 Å². The van der Waals surface area contributed by atoms with E-state index in [-0.39, 0.29) is 0 Å². The summed E-state index contributed by atoms with van der Waals surface area (Å²) in [7, 11) is 0. The molecule has 2 saturated carbocycles. The van der Waals surface area contributed by atoms with E-state index in [0.717, 1.165) is 35.9 Å². The van der Waals surface area contributed by atoms with Gasteiger partial charge in [0.05, 0.1) is 0 Å². The molecule has 2 aromatic carbocycles. The molecule has 4 nitrogen and oxygen atoms in total. The zero-order chi connectivity index (χ0) is 21.8.